The highest BCUT2D eigenvalue weighted by atomic mass is 32.2. The second-order valence-corrected chi connectivity index (χ2v) is 10.2. The molecule has 0 radical (unpaired) electrons. The lowest BCUT2D eigenvalue weighted by Crippen LogP contribution is -2.44. The van der Waals surface area contributed by atoms with Crippen molar-refractivity contribution in [3.8, 4) is 0 Å². The van der Waals surface area contributed by atoms with Crippen LogP contribution < -0.4 is 10.1 Å². The van der Waals surface area contributed by atoms with Crippen molar-refractivity contribution in [1.29, 1.82) is 0 Å². The fraction of sp³-hybridized carbons (Fsp3) is 0.250. The van der Waals surface area contributed by atoms with Crippen LogP contribution in [0.4, 0.5) is 23.7 Å². The van der Waals surface area contributed by atoms with Gasteiger partial charge in [0.2, 0.25) is 5.91 Å². The summed E-state index contributed by atoms with van der Waals surface area (Å²) >= 11 is 0. The molecule has 2 heterocycles. The first kappa shape index (κ1) is 26.9. The van der Waals surface area contributed by atoms with Crippen LogP contribution in [-0.4, -0.2) is 54.7 Å². The lowest BCUT2D eigenvalue weighted by Gasteiger charge is -2.29. The molecule has 1 aliphatic heterocycles. The number of sulfonamides is 1. The second kappa shape index (κ2) is 10.7. The van der Waals surface area contributed by atoms with Crippen molar-refractivity contribution < 1.29 is 36.3 Å². The normalized spacial score (nSPS) is 16.5. The summed E-state index contributed by atoms with van der Waals surface area (Å²) in [6.07, 6.45) is -3.33. The van der Waals surface area contributed by atoms with Crippen molar-refractivity contribution in [3.63, 3.8) is 0 Å². The van der Waals surface area contributed by atoms with Gasteiger partial charge in [0.15, 0.2) is 0 Å². The molecule has 4 rings (SSSR count). The maximum absolute atomic E-state index is 12.8. The number of halogens is 3. The molecule has 2 aromatic carbocycles. The SMILES string of the molecule is O=C(N/N=C\c1ccc2cccc(NS(=O)(=O)c3ccc(C(F)(F)F)cc3)c2n1)C1CCCN(C(=O)O)C1. The number of aromatic nitrogens is 1. The predicted octanol–water partition coefficient (Wildman–Crippen LogP) is 3.89. The van der Waals surface area contributed by atoms with E-state index in [1.165, 1.54) is 17.2 Å². The Bertz CT molecular complexity index is 1490. The Balaban J connectivity index is 1.50. The van der Waals surface area contributed by atoms with Crippen molar-refractivity contribution >= 4 is 44.8 Å². The average Bonchev–Trinajstić information content (AvgIpc) is 2.88. The fourth-order valence-electron chi connectivity index (χ4n) is 3.96. The molecule has 1 atom stereocenters. The number of benzene rings is 2. The summed E-state index contributed by atoms with van der Waals surface area (Å²) in [6, 6.07) is 11.1. The third-order valence-electron chi connectivity index (χ3n) is 5.91. The van der Waals surface area contributed by atoms with Gasteiger partial charge in [-0.05, 0) is 49.2 Å². The largest absolute Gasteiger partial charge is 0.465 e. The standard InChI is InChI=1S/C24H22F3N5O5S/c25-24(26,27)17-7-10-19(11-8-17)38(36,37)31-20-5-1-3-15-6-9-18(29-21(15)20)13-28-30-22(33)16-4-2-12-32(14-16)23(34)35/h1,3,5-11,13,16,31H,2,4,12,14H2,(H,30,33)(H,34,35)/b28-13-. The zero-order valence-electron chi connectivity index (χ0n) is 19.6. The molecule has 1 aliphatic rings. The molecule has 0 spiro atoms. The molecular formula is C24H22F3N5O5S. The highest BCUT2D eigenvalue weighted by Gasteiger charge is 2.31. The summed E-state index contributed by atoms with van der Waals surface area (Å²) in [5, 5.41) is 13.6. The number of hydrogen-bond donors (Lipinski definition) is 3. The van der Waals surface area contributed by atoms with Crippen LogP contribution in [0.3, 0.4) is 0 Å². The Morgan fingerprint density at radius 1 is 1.11 bits per heavy atom. The van der Waals surface area contributed by atoms with Crippen LogP contribution in [0.5, 0.6) is 0 Å². The van der Waals surface area contributed by atoms with E-state index >= 15 is 0 Å². The fourth-order valence-corrected chi connectivity index (χ4v) is 5.03. The molecular weight excluding hydrogens is 527 g/mol. The minimum Gasteiger partial charge on any atom is -0.465 e. The molecule has 0 saturated carbocycles. The lowest BCUT2D eigenvalue weighted by molar-refractivity contribution is -0.137. The van der Waals surface area contributed by atoms with Gasteiger partial charge >= 0.3 is 12.3 Å². The molecule has 0 aliphatic carbocycles. The Kier molecular flexibility index (Phi) is 7.53. The number of hydrogen-bond acceptors (Lipinski definition) is 6. The smallest absolute Gasteiger partial charge is 0.416 e. The molecule has 3 N–H and O–H groups in total. The Morgan fingerprint density at radius 2 is 1.84 bits per heavy atom. The summed E-state index contributed by atoms with van der Waals surface area (Å²) in [7, 11) is -4.22. The van der Waals surface area contributed by atoms with Gasteiger partial charge in [0, 0.05) is 18.5 Å². The van der Waals surface area contributed by atoms with Gasteiger partial charge < -0.3 is 10.0 Å². The quantitative estimate of drug-likeness (QED) is 0.315. The monoisotopic (exact) mass is 549 g/mol. The van der Waals surface area contributed by atoms with Crippen LogP contribution in [0.25, 0.3) is 10.9 Å². The van der Waals surface area contributed by atoms with Gasteiger partial charge in [-0.1, -0.05) is 18.2 Å². The zero-order valence-corrected chi connectivity index (χ0v) is 20.5. The number of carbonyl (C=O) groups excluding carboxylic acids is 1. The molecule has 14 heteroatoms. The van der Waals surface area contributed by atoms with E-state index in [0.29, 0.717) is 36.9 Å². The number of para-hydroxylation sites is 1. The van der Waals surface area contributed by atoms with Gasteiger partial charge in [-0.2, -0.15) is 18.3 Å². The molecule has 3 aromatic rings. The number of anilines is 1. The Labute approximate surface area is 215 Å². The number of pyridine rings is 1. The van der Waals surface area contributed by atoms with Gasteiger partial charge in [0.25, 0.3) is 10.0 Å². The topological polar surface area (TPSA) is 141 Å². The molecule has 1 aromatic heterocycles. The maximum Gasteiger partial charge on any atom is 0.416 e. The molecule has 200 valence electrons. The van der Waals surface area contributed by atoms with E-state index in [9.17, 15) is 31.2 Å². The summed E-state index contributed by atoms with van der Waals surface area (Å²) in [5.41, 5.74) is 2.04. The number of amides is 2. The Morgan fingerprint density at radius 3 is 2.53 bits per heavy atom. The number of rotatable bonds is 6. The number of nitrogens with one attached hydrogen (secondary N) is 2. The minimum atomic E-state index is -4.60. The number of hydrazone groups is 1. The molecule has 2 amide bonds. The van der Waals surface area contributed by atoms with Gasteiger partial charge in [-0.15, -0.1) is 0 Å². The van der Waals surface area contributed by atoms with Crippen molar-refractivity contribution in [1.82, 2.24) is 15.3 Å². The number of alkyl halides is 3. The van der Waals surface area contributed by atoms with E-state index in [1.54, 1.807) is 24.3 Å². The van der Waals surface area contributed by atoms with Gasteiger partial charge in [0.05, 0.1) is 39.5 Å². The van der Waals surface area contributed by atoms with Crippen molar-refractivity contribution in [3.05, 3.63) is 65.9 Å². The van der Waals surface area contributed by atoms with Gasteiger partial charge in [-0.3, -0.25) is 9.52 Å². The van der Waals surface area contributed by atoms with E-state index in [0.717, 1.165) is 12.1 Å². The highest BCUT2D eigenvalue weighted by Crippen LogP contribution is 2.30. The van der Waals surface area contributed by atoms with Gasteiger partial charge in [0.1, 0.15) is 0 Å². The third-order valence-corrected chi connectivity index (χ3v) is 7.29. The van der Waals surface area contributed by atoms with Gasteiger partial charge in [-0.25, -0.2) is 23.6 Å². The van der Waals surface area contributed by atoms with E-state index in [4.69, 9.17) is 5.11 Å². The number of nitrogens with zero attached hydrogens (tertiary/aromatic N) is 3. The Hall–Kier alpha value is -4.20. The number of fused-ring (bicyclic) bond motifs is 1. The predicted molar refractivity (Wildman–Crippen MR) is 132 cm³/mol. The van der Waals surface area contributed by atoms with Crippen LogP contribution in [0.15, 0.2) is 64.6 Å². The van der Waals surface area contributed by atoms with Crippen molar-refractivity contribution in [2.24, 2.45) is 11.0 Å². The summed E-state index contributed by atoms with van der Waals surface area (Å²) in [6.45, 7) is 0.446. The second-order valence-electron chi connectivity index (χ2n) is 8.54. The van der Waals surface area contributed by atoms with E-state index in [2.05, 4.69) is 20.2 Å². The molecule has 1 unspecified atom stereocenters. The van der Waals surface area contributed by atoms with Crippen LogP contribution in [-0.2, 0) is 21.0 Å². The maximum atomic E-state index is 12.8. The third kappa shape index (κ3) is 6.19. The minimum absolute atomic E-state index is 0.0767. The molecule has 0 bridgehead atoms. The van der Waals surface area contributed by atoms with E-state index < -0.39 is 39.7 Å². The zero-order chi connectivity index (χ0) is 27.5. The van der Waals surface area contributed by atoms with Crippen LogP contribution in [0.2, 0.25) is 0 Å². The number of carboxylic acid groups (broad SMARTS) is 1. The molecule has 1 fully saturated rings. The lowest BCUT2D eigenvalue weighted by atomic mass is 9.98. The summed E-state index contributed by atoms with van der Waals surface area (Å²) in [4.78, 5) is 28.7. The average molecular weight is 550 g/mol. The van der Waals surface area contributed by atoms with Crippen LogP contribution >= 0.6 is 0 Å². The van der Waals surface area contributed by atoms with E-state index in [-0.39, 0.29) is 28.3 Å². The number of carbonyl (C=O) groups is 2. The molecule has 1 saturated heterocycles. The first-order valence-electron chi connectivity index (χ1n) is 11.3. The van der Waals surface area contributed by atoms with Crippen LogP contribution in [0, 0.1) is 5.92 Å². The molecule has 10 nitrogen and oxygen atoms in total. The molecule has 38 heavy (non-hydrogen) atoms. The number of likely N-dealkylation sites (tertiary alicyclic amines) is 1. The first-order chi connectivity index (χ1) is 17.9. The number of piperidine rings is 1. The van der Waals surface area contributed by atoms with Crippen molar-refractivity contribution in [2.45, 2.75) is 23.9 Å². The highest BCUT2D eigenvalue weighted by molar-refractivity contribution is 7.92. The van der Waals surface area contributed by atoms with Crippen molar-refractivity contribution in [2.75, 3.05) is 17.8 Å². The van der Waals surface area contributed by atoms with Crippen LogP contribution in [0.1, 0.15) is 24.1 Å². The first-order valence-corrected chi connectivity index (χ1v) is 12.8. The summed E-state index contributed by atoms with van der Waals surface area (Å²) in [5.74, 6) is -0.967. The van der Waals surface area contributed by atoms with E-state index in [1.807, 2.05) is 0 Å². The summed E-state index contributed by atoms with van der Waals surface area (Å²) < 4.78 is 66.4.